The SMILES string of the molecule is CCOC(=O)C(CC(C)C)NC(=O)Nc1noc(C)c1-c1ccc(C(O)(C(F)(F)F)C(F)(F)F)cc1. The monoisotopic (exact) mass is 525 g/mol. The Morgan fingerprint density at radius 3 is 2.11 bits per heavy atom. The number of halogens is 6. The van der Waals surface area contributed by atoms with Crippen LogP contribution in [0, 0.1) is 12.8 Å². The summed E-state index contributed by atoms with van der Waals surface area (Å²) in [5.41, 5.74) is -6.42. The number of carbonyl (C=O) groups is 2. The van der Waals surface area contributed by atoms with Gasteiger partial charge in [-0.05, 0) is 31.7 Å². The van der Waals surface area contributed by atoms with E-state index in [1.54, 1.807) is 6.92 Å². The molecule has 3 N–H and O–H groups in total. The molecule has 14 heteroatoms. The number of aliphatic hydroxyl groups is 1. The minimum Gasteiger partial charge on any atom is -0.464 e. The number of amides is 2. The predicted octanol–water partition coefficient (Wildman–Crippen LogP) is 5.06. The predicted molar refractivity (Wildman–Crippen MR) is 115 cm³/mol. The topological polar surface area (TPSA) is 114 Å². The van der Waals surface area contributed by atoms with Gasteiger partial charge in [-0.25, -0.2) is 9.59 Å². The van der Waals surface area contributed by atoms with Crippen molar-refractivity contribution in [2.75, 3.05) is 11.9 Å². The maximum Gasteiger partial charge on any atom is 0.430 e. The zero-order valence-corrected chi connectivity index (χ0v) is 19.7. The number of rotatable bonds is 8. The van der Waals surface area contributed by atoms with Gasteiger partial charge < -0.3 is 19.7 Å². The molecule has 1 unspecified atom stereocenters. The number of benzene rings is 1. The smallest absolute Gasteiger partial charge is 0.430 e. The van der Waals surface area contributed by atoms with Crippen LogP contribution >= 0.6 is 0 Å². The number of nitrogens with one attached hydrogen (secondary N) is 2. The molecule has 2 aromatic rings. The van der Waals surface area contributed by atoms with Crippen molar-refractivity contribution in [1.29, 1.82) is 0 Å². The van der Waals surface area contributed by atoms with Crippen LogP contribution in [0.4, 0.5) is 37.0 Å². The van der Waals surface area contributed by atoms with Crippen molar-refractivity contribution in [2.24, 2.45) is 5.92 Å². The van der Waals surface area contributed by atoms with Gasteiger partial charge >= 0.3 is 24.4 Å². The lowest BCUT2D eigenvalue weighted by Crippen LogP contribution is -2.53. The maximum atomic E-state index is 13.1. The molecule has 200 valence electrons. The fourth-order valence-corrected chi connectivity index (χ4v) is 3.39. The summed E-state index contributed by atoms with van der Waals surface area (Å²) in [6.07, 6.45) is -11.8. The molecule has 2 amide bonds. The van der Waals surface area contributed by atoms with E-state index in [0.29, 0.717) is 12.1 Å². The number of urea groups is 1. The van der Waals surface area contributed by atoms with E-state index >= 15 is 0 Å². The number of hydrogen-bond acceptors (Lipinski definition) is 6. The third kappa shape index (κ3) is 6.09. The van der Waals surface area contributed by atoms with Gasteiger partial charge in [0.05, 0.1) is 12.2 Å². The highest BCUT2D eigenvalue weighted by Gasteiger charge is 2.71. The second kappa shape index (κ2) is 10.8. The molecule has 0 bridgehead atoms. The van der Waals surface area contributed by atoms with Crippen LogP contribution in [-0.4, -0.2) is 47.3 Å². The molecule has 1 aromatic heterocycles. The first kappa shape index (κ1) is 28.9. The first-order valence-electron chi connectivity index (χ1n) is 10.7. The fourth-order valence-electron chi connectivity index (χ4n) is 3.39. The highest BCUT2D eigenvalue weighted by molar-refractivity contribution is 5.95. The zero-order valence-electron chi connectivity index (χ0n) is 19.7. The summed E-state index contributed by atoms with van der Waals surface area (Å²) >= 11 is 0. The van der Waals surface area contributed by atoms with E-state index in [0.717, 1.165) is 12.1 Å². The number of hydrogen-bond donors (Lipinski definition) is 3. The standard InChI is InChI=1S/C22H25F6N3O5/c1-5-35-18(32)15(10-11(2)3)29-19(33)30-17-16(12(4)36-31-17)13-6-8-14(9-7-13)20(34,21(23,24)25)22(26,27)28/h6-9,11,15,34H,5,10H2,1-4H3,(H2,29,30,31,33). The molecule has 0 aliphatic heterocycles. The Morgan fingerprint density at radius 2 is 1.64 bits per heavy atom. The van der Waals surface area contributed by atoms with E-state index in [9.17, 15) is 41.0 Å². The van der Waals surface area contributed by atoms with E-state index in [1.807, 2.05) is 13.8 Å². The van der Waals surface area contributed by atoms with E-state index in [4.69, 9.17) is 9.26 Å². The van der Waals surface area contributed by atoms with Crippen molar-refractivity contribution in [2.45, 2.75) is 58.1 Å². The van der Waals surface area contributed by atoms with Gasteiger partial charge in [-0.2, -0.15) is 26.3 Å². The average Bonchev–Trinajstić information content (AvgIpc) is 3.10. The lowest BCUT2D eigenvalue weighted by atomic mass is 9.90. The Balaban J connectivity index is 2.33. The van der Waals surface area contributed by atoms with Gasteiger partial charge in [0, 0.05) is 5.56 Å². The zero-order chi connectivity index (χ0) is 27.5. The molecule has 0 saturated heterocycles. The van der Waals surface area contributed by atoms with Crippen LogP contribution in [0.5, 0.6) is 0 Å². The summed E-state index contributed by atoms with van der Waals surface area (Å²) in [7, 11) is 0. The molecule has 0 radical (unpaired) electrons. The van der Waals surface area contributed by atoms with Gasteiger partial charge in [-0.15, -0.1) is 0 Å². The second-order valence-electron chi connectivity index (χ2n) is 8.28. The summed E-state index contributed by atoms with van der Waals surface area (Å²) in [5.74, 6) is -0.749. The molecule has 8 nitrogen and oxygen atoms in total. The Kier molecular flexibility index (Phi) is 8.65. The number of nitrogens with zero attached hydrogens (tertiary/aromatic N) is 1. The Morgan fingerprint density at radius 1 is 1.08 bits per heavy atom. The van der Waals surface area contributed by atoms with Gasteiger partial charge in [0.25, 0.3) is 5.60 Å². The first-order valence-corrected chi connectivity index (χ1v) is 10.7. The van der Waals surface area contributed by atoms with Crippen molar-refractivity contribution in [3.05, 3.63) is 35.6 Å². The first-order chi connectivity index (χ1) is 16.5. The van der Waals surface area contributed by atoms with E-state index in [2.05, 4.69) is 15.8 Å². The summed E-state index contributed by atoms with van der Waals surface area (Å²) < 4.78 is 88.8. The van der Waals surface area contributed by atoms with Crippen LogP contribution in [0.1, 0.15) is 38.5 Å². The number of ether oxygens (including phenoxy) is 1. The molecule has 0 spiro atoms. The lowest BCUT2D eigenvalue weighted by Gasteiger charge is -2.32. The van der Waals surface area contributed by atoms with Gasteiger partial charge in [-0.3, -0.25) is 5.32 Å². The molecular weight excluding hydrogens is 500 g/mol. The minimum absolute atomic E-state index is 0.0233. The highest BCUT2D eigenvalue weighted by Crippen LogP contribution is 2.50. The summed E-state index contributed by atoms with van der Waals surface area (Å²) in [4.78, 5) is 24.7. The van der Waals surface area contributed by atoms with E-state index in [1.165, 1.54) is 6.92 Å². The second-order valence-corrected chi connectivity index (χ2v) is 8.28. The van der Waals surface area contributed by atoms with Crippen LogP contribution in [0.25, 0.3) is 11.1 Å². The summed E-state index contributed by atoms with van der Waals surface area (Å²) in [6.45, 7) is 6.75. The van der Waals surface area contributed by atoms with Crippen LogP contribution in [0.15, 0.2) is 28.8 Å². The van der Waals surface area contributed by atoms with Gasteiger partial charge in [-0.1, -0.05) is 43.3 Å². The van der Waals surface area contributed by atoms with Crippen LogP contribution in [-0.2, 0) is 15.1 Å². The summed E-state index contributed by atoms with van der Waals surface area (Å²) in [6, 6.07) is 0.852. The lowest BCUT2D eigenvalue weighted by molar-refractivity contribution is -0.376. The molecule has 0 aliphatic carbocycles. The van der Waals surface area contributed by atoms with Crippen molar-refractivity contribution < 1.29 is 50.3 Å². The normalized spacial score (nSPS) is 13.4. The van der Waals surface area contributed by atoms with Crippen LogP contribution in [0.3, 0.4) is 0 Å². The average molecular weight is 525 g/mol. The Bertz CT molecular complexity index is 1050. The van der Waals surface area contributed by atoms with Crippen molar-refractivity contribution in [3.63, 3.8) is 0 Å². The third-order valence-corrected chi connectivity index (χ3v) is 5.09. The highest BCUT2D eigenvalue weighted by atomic mass is 19.4. The fraction of sp³-hybridized carbons (Fsp3) is 0.500. The molecule has 1 heterocycles. The summed E-state index contributed by atoms with van der Waals surface area (Å²) in [5, 5.41) is 18.0. The van der Waals surface area contributed by atoms with Gasteiger partial charge in [0.15, 0.2) is 5.82 Å². The molecule has 1 atom stereocenters. The van der Waals surface area contributed by atoms with E-state index < -0.39 is 41.6 Å². The van der Waals surface area contributed by atoms with Crippen molar-refractivity contribution >= 4 is 17.8 Å². The maximum absolute atomic E-state index is 13.1. The molecule has 1 aromatic carbocycles. The molecule has 0 saturated carbocycles. The Labute approximate surface area is 202 Å². The number of aromatic nitrogens is 1. The number of esters is 1. The number of aryl methyl sites for hydroxylation is 1. The van der Waals surface area contributed by atoms with Gasteiger partial charge in [0.1, 0.15) is 11.8 Å². The molecule has 0 fully saturated rings. The molecule has 0 aliphatic rings. The quantitative estimate of drug-likeness (QED) is 0.328. The van der Waals surface area contributed by atoms with E-state index in [-0.39, 0.29) is 41.7 Å². The third-order valence-electron chi connectivity index (χ3n) is 5.09. The van der Waals surface area contributed by atoms with Crippen molar-refractivity contribution in [3.8, 4) is 11.1 Å². The number of carbonyl (C=O) groups excluding carboxylic acids is 2. The van der Waals surface area contributed by atoms with Crippen LogP contribution in [0.2, 0.25) is 0 Å². The molecular formula is C22H25F6N3O5. The molecule has 2 rings (SSSR count). The van der Waals surface area contributed by atoms with Crippen LogP contribution < -0.4 is 10.6 Å². The largest absolute Gasteiger partial charge is 0.464 e. The van der Waals surface area contributed by atoms with Gasteiger partial charge in [0.2, 0.25) is 0 Å². The number of anilines is 1. The molecule has 36 heavy (non-hydrogen) atoms. The Hall–Kier alpha value is -3.29. The minimum atomic E-state index is -6.03. The number of alkyl halides is 6. The van der Waals surface area contributed by atoms with Crippen molar-refractivity contribution in [1.82, 2.24) is 10.5 Å².